The summed E-state index contributed by atoms with van der Waals surface area (Å²) in [5, 5.41) is 0. The van der Waals surface area contributed by atoms with Crippen LogP contribution in [0.2, 0.25) is 0 Å². The van der Waals surface area contributed by atoms with Gasteiger partial charge >= 0.3 is 5.97 Å². The first-order valence-electron chi connectivity index (χ1n) is 10.0. The number of esters is 1. The molecule has 0 spiro atoms. The number of aromatic nitrogens is 1. The molecule has 0 aliphatic carbocycles. The molecule has 0 unspecified atom stereocenters. The molecular weight excluding hydrogens is 374 g/mol. The molecule has 0 amide bonds. The lowest BCUT2D eigenvalue weighted by Gasteiger charge is -2.12. The Bertz CT molecular complexity index is 1030. The molecule has 0 N–H and O–H groups in total. The summed E-state index contributed by atoms with van der Waals surface area (Å²) in [5.74, 6) is -0.328. The summed E-state index contributed by atoms with van der Waals surface area (Å²) < 4.78 is 5.55. The maximum atomic E-state index is 12.6. The molecule has 1 heterocycles. The quantitative estimate of drug-likeness (QED) is 0.305. The van der Waals surface area contributed by atoms with Crippen molar-refractivity contribution in [2.45, 2.75) is 27.4 Å². The number of ether oxygens (including phenoxy) is 1. The molecule has 0 radical (unpaired) electrons. The molecule has 0 aliphatic heterocycles. The second-order valence-electron chi connectivity index (χ2n) is 7.26. The fourth-order valence-corrected chi connectivity index (χ4v) is 2.93. The Balaban J connectivity index is 1.66. The van der Waals surface area contributed by atoms with Crippen LogP contribution in [-0.2, 0) is 11.3 Å². The lowest BCUT2D eigenvalue weighted by molar-refractivity contribution is 0.0472. The van der Waals surface area contributed by atoms with Crippen molar-refractivity contribution in [2.24, 2.45) is 4.99 Å². The monoisotopic (exact) mass is 401 g/mol. The van der Waals surface area contributed by atoms with E-state index in [0.717, 1.165) is 40.2 Å². The summed E-state index contributed by atoms with van der Waals surface area (Å²) in [6.45, 7) is 7.02. The third-order valence-electron chi connectivity index (χ3n) is 4.94. The molecule has 5 nitrogen and oxygen atoms in total. The van der Waals surface area contributed by atoms with Gasteiger partial charge in [-0.3, -0.25) is 4.98 Å². The number of nitrogens with zero attached hydrogens (tertiary/aromatic N) is 3. The van der Waals surface area contributed by atoms with Crippen molar-refractivity contribution < 1.29 is 9.53 Å². The normalized spacial score (nSPS) is 10.9. The zero-order valence-corrected chi connectivity index (χ0v) is 17.9. The second-order valence-corrected chi connectivity index (χ2v) is 7.26. The zero-order chi connectivity index (χ0) is 21.5. The fraction of sp³-hybridized carbons (Fsp3) is 0.240. The average Bonchev–Trinajstić information content (AvgIpc) is 2.78. The van der Waals surface area contributed by atoms with Gasteiger partial charge in [-0.1, -0.05) is 30.3 Å². The van der Waals surface area contributed by atoms with Crippen LogP contribution in [0.1, 0.15) is 34.0 Å². The predicted molar refractivity (Wildman–Crippen MR) is 121 cm³/mol. The van der Waals surface area contributed by atoms with E-state index in [9.17, 15) is 4.79 Å². The Morgan fingerprint density at radius 2 is 1.87 bits per heavy atom. The molecule has 3 rings (SSSR count). The van der Waals surface area contributed by atoms with Gasteiger partial charge in [0.2, 0.25) is 0 Å². The van der Waals surface area contributed by atoms with E-state index in [4.69, 9.17) is 4.74 Å². The molecule has 0 saturated heterocycles. The van der Waals surface area contributed by atoms with Crippen molar-refractivity contribution in [1.82, 2.24) is 9.88 Å². The average molecular weight is 402 g/mol. The van der Waals surface area contributed by atoms with Crippen molar-refractivity contribution in [2.75, 3.05) is 13.6 Å². The van der Waals surface area contributed by atoms with E-state index in [2.05, 4.69) is 16.9 Å². The smallest absolute Gasteiger partial charge is 0.338 e. The minimum Gasteiger partial charge on any atom is -0.457 e. The Hall–Kier alpha value is -3.47. The molecule has 2 aromatic carbocycles. The Kier molecular flexibility index (Phi) is 6.96. The Labute approximate surface area is 178 Å². The highest BCUT2D eigenvalue weighted by molar-refractivity contribution is 5.92. The number of aliphatic imine (C=N–C) groups is 1. The summed E-state index contributed by atoms with van der Waals surface area (Å²) in [6, 6.07) is 17.5. The molecule has 3 aromatic rings. The first kappa shape index (κ1) is 21.2. The van der Waals surface area contributed by atoms with E-state index >= 15 is 0 Å². The number of carbonyl (C=O) groups is 1. The summed E-state index contributed by atoms with van der Waals surface area (Å²) in [6.07, 6.45) is 3.57. The van der Waals surface area contributed by atoms with Crippen LogP contribution in [0.15, 0.2) is 65.8 Å². The molecule has 0 saturated carbocycles. The van der Waals surface area contributed by atoms with Crippen LogP contribution in [-0.4, -0.2) is 35.8 Å². The summed E-state index contributed by atoms with van der Waals surface area (Å²) >= 11 is 0. The van der Waals surface area contributed by atoms with Crippen LogP contribution in [0.5, 0.6) is 0 Å². The van der Waals surface area contributed by atoms with Gasteiger partial charge in [-0.05, 0) is 61.7 Å². The maximum Gasteiger partial charge on any atom is 0.338 e. The molecule has 30 heavy (non-hydrogen) atoms. The lowest BCUT2D eigenvalue weighted by atomic mass is 10.0. The summed E-state index contributed by atoms with van der Waals surface area (Å²) in [4.78, 5) is 23.5. The van der Waals surface area contributed by atoms with Crippen LogP contribution in [0.3, 0.4) is 0 Å². The lowest BCUT2D eigenvalue weighted by Crippen LogP contribution is -2.14. The van der Waals surface area contributed by atoms with Gasteiger partial charge in [-0.2, -0.15) is 0 Å². The maximum absolute atomic E-state index is 12.6. The number of hydrogen-bond donors (Lipinski definition) is 0. The van der Waals surface area contributed by atoms with Crippen LogP contribution in [0, 0.1) is 13.8 Å². The third-order valence-corrected chi connectivity index (χ3v) is 4.94. The largest absolute Gasteiger partial charge is 0.457 e. The van der Waals surface area contributed by atoms with Crippen LogP contribution < -0.4 is 0 Å². The van der Waals surface area contributed by atoms with E-state index < -0.39 is 0 Å². The third kappa shape index (κ3) is 5.32. The number of aryl methyl sites for hydroxylation is 2. The van der Waals surface area contributed by atoms with Crippen molar-refractivity contribution in [1.29, 1.82) is 0 Å². The van der Waals surface area contributed by atoms with E-state index in [-0.39, 0.29) is 12.6 Å². The topological polar surface area (TPSA) is 54.8 Å². The highest BCUT2D eigenvalue weighted by atomic mass is 16.5. The molecule has 5 heteroatoms. The van der Waals surface area contributed by atoms with Gasteiger partial charge in [-0.15, -0.1) is 0 Å². The van der Waals surface area contributed by atoms with Crippen LogP contribution in [0.25, 0.3) is 11.3 Å². The van der Waals surface area contributed by atoms with Gasteiger partial charge in [0.25, 0.3) is 0 Å². The number of benzene rings is 2. The van der Waals surface area contributed by atoms with Crippen molar-refractivity contribution >= 4 is 18.0 Å². The fourth-order valence-electron chi connectivity index (χ4n) is 2.93. The van der Waals surface area contributed by atoms with Gasteiger partial charge in [0, 0.05) is 25.4 Å². The van der Waals surface area contributed by atoms with E-state index in [1.165, 1.54) is 0 Å². The Morgan fingerprint density at radius 3 is 2.53 bits per heavy atom. The van der Waals surface area contributed by atoms with Gasteiger partial charge in [0.05, 0.1) is 23.3 Å². The molecule has 1 aromatic heterocycles. The van der Waals surface area contributed by atoms with Crippen molar-refractivity contribution in [3.05, 3.63) is 83.0 Å². The molecule has 0 atom stereocenters. The van der Waals surface area contributed by atoms with Crippen LogP contribution in [0.4, 0.5) is 5.69 Å². The number of pyridine rings is 1. The van der Waals surface area contributed by atoms with Gasteiger partial charge in [0.1, 0.15) is 6.61 Å². The minimum absolute atomic E-state index is 0.223. The van der Waals surface area contributed by atoms with Gasteiger partial charge in [0.15, 0.2) is 0 Å². The number of hydrogen-bond acceptors (Lipinski definition) is 4. The van der Waals surface area contributed by atoms with Crippen molar-refractivity contribution in [3.63, 3.8) is 0 Å². The Morgan fingerprint density at radius 1 is 1.10 bits per heavy atom. The molecular formula is C25H27N3O2. The molecule has 154 valence electrons. The highest BCUT2D eigenvalue weighted by Crippen LogP contribution is 2.24. The summed E-state index contributed by atoms with van der Waals surface area (Å²) in [7, 11) is 1.97. The standard InChI is InChI=1S/C25H27N3O2/c1-5-28(4)17-27-24-15-18(2)22(14-19(24)3)25(29)30-16-20-9-11-21(12-10-20)23-8-6-7-13-26-23/h6-15,17H,5,16H2,1-4H3. The zero-order valence-electron chi connectivity index (χ0n) is 17.9. The summed E-state index contributed by atoms with van der Waals surface area (Å²) in [5.41, 5.74) is 6.09. The highest BCUT2D eigenvalue weighted by Gasteiger charge is 2.13. The van der Waals surface area contributed by atoms with Crippen molar-refractivity contribution in [3.8, 4) is 11.3 Å². The van der Waals surface area contributed by atoms with Crippen LogP contribution >= 0.6 is 0 Å². The molecule has 0 bridgehead atoms. The van der Waals surface area contributed by atoms with E-state index in [0.29, 0.717) is 5.56 Å². The minimum atomic E-state index is -0.328. The van der Waals surface area contributed by atoms with Gasteiger partial charge < -0.3 is 9.64 Å². The number of carbonyl (C=O) groups excluding carboxylic acids is 1. The number of rotatable bonds is 7. The van der Waals surface area contributed by atoms with E-state index in [1.54, 1.807) is 12.5 Å². The molecule has 0 aliphatic rings. The SMILES string of the molecule is CCN(C)C=Nc1cc(C)c(C(=O)OCc2ccc(-c3ccccn3)cc2)cc1C. The molecule has 0 fully saturated rings. The second kappa shape index (κ2) is 9.83. The first-order valence-corrected chi connectivity index (χ1v) is 10.0. The van der Waals surface area contributed by atoms with Gasteiger partial charge in [-0.25, -0.2) is 9.79 Å². The predicted octanol–water partition coefficient (Wildman–Crippen LogP) is 5.33. The first-order chi connectivity index (χ1) is 14.5. The van der Waals surface area contributed by atoms with E-state index in [1.807, 2.05) is 80.4 Å².